The molecule has 0 saturated carbocycles. The molecule has 8 heteroatoms. The zero-order valence-corrected chi connectivity index (χ0v) is 21.0. The van der Waals surface area contributed by atoms with E-state index in [0.29, 0.717) is 17.1 Å². The second-order valence-corrected chi connectivity index (χ2v) is 8.85. The van der Waals surface area contributed by atoms with E-state index in [1.165, 1.54) is 17.0 Å². The third kappa shape index (κ3) is 6.41. The summed E-state index contributed by atoms with van der Waals surface area (Å²) in [6, 6.07) is 22.5. The topological polar surface area (TPSA) is 76.5 Å². The Labute approximate surface area is 215 Å². The molecule has 0 radical (unpaired) electrons. The highest BCUT2D eigenvalue weighted by molar-refractivity contribution is 5.94. The standard InChI is InChI=1S/C29H29FN4O3/c1-20(2)33(28(36)17-21-7-5-4-6-8-21)19-27(35)32-29-31-26(22-9-15-25(37-3)16-10-22)18-34(29)24-13-11-23(30)12-14-24/h4-16,18,20H,17,19H2,1-3H3,(H,31,32,35). The van der Waals surface area contributed by atoms with Gasteiger partial charge in [-0.05, 0) is 67.9 Å². The molecule has 0 bridgehead atoms. The molecule has 0 fully saturated rings. The SMILES string of the molecule is COc1ccc(-c2cn(-c3ccc(F)cc3)c(NC(=O)CN(C(=O)Cc3ccccc3)C(C)C)n2)cc1. The highest BCUT2D eigenvalue weighted by Gasteiger charge is 2.22. The third-order valence-electron chi connectivity index (χ3n) is 5.90. The number of imidazole rings is 1. The number of hydrogen-bond acceptors (Lipinski definition) is 4. The first-order valence-corrected chi connectivity index (χ1v) is 12.0. The number of methoxy groups -OCH3 is 1. The van der Waals surface area contributed by atoms with Gasteiger partial charge in [-0.25, -0.2) is 9.37 Å². The van der Waals surface area contributed by atoms with E-state index in [4.69, 9.17) is 4.74 Å². The molecular formula is C29H29FN4O3. The van der Waals surface area contributed by atoms with E-state index >= 15 is 0 Å². The summed E-state index contributed by atoms with van der Waals surface area (Å²) in [7, 11) is 1.59. The normalized spacial score (nSPS) is 10.8. The van der Waals surface area contributed by atoms with Gasteiger partial charge in [0.1, 0.15) is 18.1 Å². The number of carbonyl (C=O) groups is 2. The number of ether oxygens (including phenoxy) is 1. The summed E-state index contributed by atoms with van der Waals surface area (Å²) in [6.45, 7) is 3.62. The van der Waals surface area contributed by atoms with E-state index < -0.39 is 0 Å². The summed E-state index contributed by atoms with van der Waals surface area (Å²) in [5.41, 5.74) is 2.95. The molecule has 0 saturated heterocycles. The Morgan fingerprint density at radius 2 is 1.68 bits per heavy atom. The van der Waals surface area contributed by atoms with E-state index in [1.54, 1.807) is 30.0 Å². The molecular weight excluding hydrogens is 471 g/mol. The van der Waals surface area contributed by atoms with Gasteiger partial charge in [0.2, 0.25) is 17.8 Å². The average molecular weight is 501 g/mol. The molecule has 37 heavy (non-hydrogen) atoms. The maximum atomic E-state index is 13.6. The molecule has 7 nitrogen and oxygen atoms in total. The van der Waals surface area contributed by atoms with Crippen molar-refractivity contribution in [3.63, 3.8) is 0 Å². The fourth-order valence-corrected chi connectivity index (χ4v) is 3.92. The molecule has 0 atom stereocenters. The van der Waals surface area contributed by atoms with Crippen molar-refractivity contribution < 1.29 is 18.7 Å². The van der Waals surface area contributed by atoms with Gasteiger partial charge in [0.25, 0.3) is 0 Å². The zero-order chi connectivity index (χ0) is 26.4. The van der Waals surface area contributed by atoms with Gasteiger partial charge in [-0.1, -0.05) is 30.3 Å². The lowest BCUT2D eigenvalue weighted by molar-refractivity contribution is -0.135. The summed E-state index contributed by atoms with van der Waals surface area (Å²) in [4.78, 5) is 32.3. The van der Waals surface area contributed by atoms with Crippen molar-refractivity contribution in [3.05, 3.63) is 96.4 Å². The van der Waals surface area contributed by atoms with Crippen molar-refractivity contribution in [3.8, 4) is 22.7 Å². The van der Waals surface area contributed by atoms with Crippen LogP contribution in [0.5, 0.6) is 5.75 Å². The Kier molecular flexibility index (Phi) is 7.98. The molecule has 190 valence electrons. The van der Waals surface area contributed by atoms with Crippen molar-refractivity contribution in [2.75, 3.05) is 19.0 Å². The van der Waals surface area contributed by atoms with E-state index in [9.17, 15) is 14.0 Å². The lowest BCUT2D eigenvalue weighted by atomic mass is 10.1. The minimum atomic E-state index is -0.384. The molecule has 3 aromatic carbocycles. The van der Waals surface area contributed by atoms with Gasteiger partial charge >= 0.3 is 0 Å². The lowest BCUT2D eigenvalue weighted by Gasteiger charge is -2.26. The summed E-state index contributed by atoms with van der Waals surface area (Å²) >= 11 is 0. The number of benzene rings is 3. The number of amides is 2. The Hall–Kier alpha value is -4.46. The summed E-state index contributed by atoms with van der Waals surface area (Å²) in [6.07, 6.45) is 1.98. The van der Waals surface area contributed by atoms with Gasteiger partial charge in [-0.15, -0.1) is 0 Å². The van der Waals surface area contributed by atoms with Gasteiger partial charge in [0.15, 0.2) is 0 Å². The predicted octanol–water partition coefficient (Wildman–Crippen LogP) is 5.11. The number of carbonyl (C=O) groups excluding carboxylic acids is 2. The van der Waals surface area contributed by atoms with E-state index in [2.05, 4.69) is 10.3 Å². The highest BCUT2D eigenvalue weighted by Crippen LogP contribution is 2.26. The Morgan fingerprint density at radius 1 is 1.00 bits per heavy atom. The van der Waals surface area contributed by atoms with Gasteiger partial charge < -0.3 is 9.64 Å². The molecule has 0 unspecified atom stereocenters. The van der Waals surface area contributed by atoms with Crippen molar-refractivity contribution in [1.29, 1.82) is 0 Å². The van der Waals surface area contributed by atoms with Crippen molar-refractivity contribution >= 4 is 17.8 Å². The van der Waals surface area contributed by atoms with Crippen LogP contribution in [0.1, 0.15) is 19.4 Å². The molecule has 0 spiro atoms. The summed E-state index contributed by atoms with van der Waals surface area (Å²) < 4.78 is 20.5. The summed E-state index contributed by atoms with van der Waals surface area (Å²) in [5, 5.41) is 2.84. The fraction of sp³-hybridized carbons (Fsp3) is 0.207. The molecule has 0 aliphatic carbocycles. The lowest BCUT2D eigenvalue weighted by Crippen LogP contribution is -2.43. The summed E-state index contributed by atoms with van der Waals surface area (Å²) in [5.74, 6) is 0.0858. The van der Waals surface area contributed by atoms with Crippen LogP contribution in [-0.2, 0) is 16.0 Å². The smallest absolute Gasteiger partial charge is 0.246 e. The monoisotopic (exact) mass is 500 g/mol. The first kappa shape index (κ1) is 25.6. The van der Waals surface area contributed by atoms with Gasteiger partial charge in [0.05, 0.1) is 19.2 Å². The number of halogens is 1. The van der Waals surface area contributed by atoms with Crippen LogP contribution >= 0.6 is 0 Å². The quantitative estimate of drug-likeness (QED) is 0.347. The van der Waals surface area contributed by atoms with Crippen LogP contribution < -0.4 is 10.1 Å². The maximum absolute atomic E-state index is 13.6. The van der Waals surface area contributed by atoms with Crippen molar-refractivity contribution in [2.45, 2.75) is 26.3 Å². The average Bonchev–Trinajstić information content (AvgIpc) is 3.31. The number of hydrogen-bond donors (Lipinski definition) is 1. The third-order valence-corrected chi connectivity index (χ3v) is 5.90. The van der Waals surface area contributed by atoms with Crippen LogP contribution in [0.25, 0.3) is 16.9 Å². The largest absolute Gasteiger partial charge is 0.497 e. The fourth-order valence-electron chi connectivity index (χ4n) is 3.92. The first-order chi connectivity index (χ1) is 17.8. The number of nitrogens with one attached hydrogen (secondary N) is 1. The zero-order valence-electron chi connectivity index (χ0n) is 21.0. The minimum Gasteiger partial charge on any atom is -0.497 e. The Morgan fingerprint density at radius 3 is 2.30 bits per heavy atom. The molecule has 4 rings (SSSR count). The Balaban J connectivity index is 1.58. The second kappa shape index (κ2) is 11.5. The molecule has 1 N–H and O–H groups in total. The van der Waals surface area contributed by atoms with E-state index in [0.717, 1.165) is 11.1 Å². The van der Waals surface area contributed by atoms with Crippen molar-refractivity contribution in [1.82, 2.24) is 14.5 Å². The van der Waals surface area contributed by atoms with E-state index in [-0.39, 0.29) is 42.6 Å². The molecule has 4 aromatic rings. The highest BCUT2D eigenvalue weighted by atomic mass is 19.1. The maximum Gasteiger partial charge on any atom is 0.246 e. The van der Waals surface area contributed by atoms with Crippen LogP contribution in [0.3, 0.4) is 0 Å². The van der Waals surface area contributed by atoms with E-state index in [1.807, 2.05) is 68.4 Å². The molecule has 0 aliphatic heterocycles. The van der Waals surface area contributed by atoms with Gasteiger partial charge in [-0.3, -0.25) is 19.5 Å². The number of anilines is 1. The van der Waals surface area contributed by atoms with Gasteiger partial charge in [-0.2, -0.15) is 0 Å². The molecule has 1 heterocycles. The molecule has 0 aliphatic rings. The minimum absolute atomic E-state index is 0.127. The van der Waals surface area contributed by atoms with Crippen LogP contribution in [-0.4, -0.2) is 46.0 Å². The Bertz CT molecular complexity index is 1350. The number of rotatable bonds is 9. The number of nitrogens with zero attached hydrogens (tertiary/aromatic N) is 3. The van der Waals surface area contributed by atoms with Crippen molar-refractivity contribution in [2.24, 2.45) is 0 Å². The first-order valence-electron chi connectivity index (χ1n) is 12.0. The number of aromatic nitrogens is 2. The van der Waals surface area contributed by atoms with Gasteiger partial charge in [0, 0.05) is 23.5 Å². The van der Waals surface area contributed by atoms with Crippen LogP contribution in [0.4, 0.5) is 10.3 Å². The van der Waals surface area contributed by atoms with Crippen LogP contribution in [0.2, 0.25) is 0 Å². The second-order valence-electron chi connectivity index (χ2n) is 8.85. The molecule has 2 amide bonds. The van der Waals surface area contributed by atoms with Crippen LogP contribution in [0, 0.1) is 5.82 Å². The molecule has 1 aromatic heterocycles. The van der Waals surface area contributed by atoms with Crippen LogP contribution in [0.15, 0.2) is 85.1 Å². The predicted molar refractivity (Wildman–Crippen MR) is 141 cm³/mol.